The van der Waals surface area contributed by atoms with Gasteiger partial charge in [-0.05, 0) is 13.3 Å². The van der Waals surface area contributed by atoms with E-state index >= 15 is 0 Å². The predicted octanol–water partition coefficient (Wildman–Crippen LogP) is 2.65. The van der Waals surface area contributed by atoms with Crippen molar-refractivity contribution in [3.8, 4) is 0 Å². The molecule has 1 aromatic heterocycles. The first-order valence-corrected chi connectivity index (χ1v) is 6.03. The fraction of sp³-hybridized carbons (Fsp3) is 0.538. The van der Waals surface area contributed by atoms with E-state index < -0.39 is 18.4 Å². The molecule has 5 heteroatoms. The van der Waals surface area contributed by atoms with E-state index in [0.29, 0.717) is 17.7 Å². The fourth-order valence-electron chi connectivity index (χ4n) is 1.94. The summed E-state index contributed by atoms with van der Waals surface area (Å²) in [6.07, 6.45) is 3.27. The van der Waals surface area contributed by atoms with Crippen LogP contribution in [0.2, 0.25) is 0 Å². The number of aryl methyl sites for hydroxylation is 1. The van der Waals surface area contributed by atoms with E-state index in [1.165, 1.54) is 0 Å². The van der Waals surface area contributed by atoms with Crippen molar-refractivity contribution < 1.29 is 24.2 Å². The highest BCUT2D eigenvalue weighted by molar-refractivity contribution is 5.92. The molecule has 2 N–H and O–H groups in total. The first-order chi connectivity index (χ1) is 8.47. The van der Waals surface area contributed by atoms with E-state index in [4.69, 9.17) is 14.6 Å². The number of carboxylic acid groups (broad SMARTS) is 2. The molecule has 0 unspecified atom stereocenters. The van der Waals surface area contributed by atoms with Crippen LogP contribution >= 0.6 is 0 Å². The maximum Gasteiger partial charge on any atom is 0.339 e. The minimum absolute atomic E-state index is 0.00361. The average molecular weight is 254 g/mol. The van der Waals surface area contributed by atoms with E-state index in [9.17, 15) is 9.59 Å². The number of rotatable bonds is 7. The van der Waals surface area contributed by atoms with Gasteiger partial charge in [-0.15, -0.1) is 0 Å². The van der Waals surface area contributed by atoms with Crippen LogP contribution in [0.15, 0.2) is 4.42 Å². The third-order valence-electron chi connectivity index (χ3n) is 2.85. The van der Waals surface area contributed by atoms with Gasteiger partial charge < -0.3 is 14.6 Å². The van der Waals surface area contributed by atoms with Gasteiger partial charge in [-0.3, -0.25) is 4.79 Å². The summed E-state index contributed by atoms with van der Waals surface area (Å²) in [4.78, 5) is 21.8. The Morgan fingerprint density at radius 3 is 2.33 bits per heavy atom. The smallest absolute Gasteiger partial charge is 0.339 e. The van der Waals surface area contributed by atoms with Crippen LogP contribution < -0.4 is 0 Å². The van der Waals surface area contributed by atoms with Crippen LogP contribution in [0.1, 0.15) is 53.6 Å². The summed E-state index contributed by atoms with van der Waals surface area (Å²) in [5.41, 5.74) is 0.554. The molecule has 0 bridgehead atoms. The molecule has 0 radical (unpaired) electrons. The molecule has 0 amide bonds. The largest absolute Gasteiger partial charge is 0.481 e. The molecule has 0 saturated heterocycles. The Labute approximate surface area is 105 Å². The summed E-state index contributed by atoms with van der Waals surface area (Å²) in [5.74, 6) is -1.59. The summed E-state index contributed by atoms with van der Waals surface area (Å²) < 4.78 is 5.40. The standard InChI is InChI=1S/C13H18O5/c1-3-4-5-6-9-8(2)12(13(16)17)10(18-9)7-11(14)15/h3-7H2,1-2H3,(H,14,15)(H,16,17). The summed E-state index contributed by atoms with van der Waals surface area (Å²) in [7, 11) is 0. The van der Waals surface area contributed by atoms with Gasteiger partial charge >= 0.3 is 11.9 Å². The van der Waals surface area contributed by atoms with Gasteiger partial charge in [0.05, 0.1) is 0 Å². The number of carbonyl (C=O) groups is 2. The topological polar surface area (TPSA) is 87.7 Å². The third kappa shape index (κ3) is 3.35. The first kappa shape index (κ1) is 14.3. The molecular formula is C13H18O5. The predicted molar refractivity (Wildman–Crippen MR) is 65.0 cm³/mol. The number of furan rings is 1. The number of aromatic carboxylic acids is 1. The lowest BCUT2D eigenvalue weighted by molar-refractivity contribution is -0.136. The zero-order valence-electron chi connectivity index (χ0n) is 10.7. The van der Waals surface area contributed by atoms with Crippen molar-refractivity contribution in [1.82, 2.24) is 0 Å². The van der Waals surface area contributed by atoms with Crippen LogP contribution in [0.25, 0.3) is 0 Å². The maximum absolute atomic E-state index is 11.1. The van der Waals surface area contributed by atoms with Crippen molar-refractivity contribution in [1.29, 1.82) is 0 Å². The molecule has 0 fully saturated rings. The minimum Gasteiger partial charge on any atom is -0.481 e. The minimum atomic E-state index is -1.13. The molecule has 0 aliphatic heterocycles. The van der Waals surface area contributed by atoms with Crippen molar-refractivity contribution in [3.05, 3.63) is 22.6 Å². The van der Waals surface area contributed by atoms with Gasteiger partial charge in [0.25, 0.3) is 0 Å². The Balaban J connectivity index is 2.99. The molecule has 0 spiro atoms. The van der Waals surface area contributed by atoms with E-state index in [1.807, 2.05) is 0 Å². The second-order valence-corrected chi connectivity index (χ2v) is 4.28. The lowest BCUT2D eigenvalue weighted by Crippen LogP contribution is -2.06. The lowest BCUT2D eigenvalue weighted by atomic mass is 10.1. The summed E-state index contributed by atoms with van der Waals surface area (Å²) in [6.45, 7) is 3.74. The highest BCUT2D eigenvalue weighted by atomic mass is 16.4. The quantitative estimate of drug-likeness (QED) is 0.730. The molecule has 0 aliphatic carbocycles. The molecule has 0 saturated carbocycles. The summed E-state index contributed by atoms with van der Waals surface area (Å²) >= 11 is 0. The van der Waals surface area contributed by atoms with E-state index in [2.05, 4.69) is 6.92 Å². The van der Waals surface area contributed by atoms with E-state index in [0.717, 1.165) is 19.3 Å². The molecule has 100 valence electrons. The van der Waals surface area contributed by atoms with Crippen molar-refractivity contribution in [3.63, 3.8) is 0 Å². The van der Waals surface area contributed by atoms with Gasteiger partial charge in [0.2, 0.25) is 0 Å². The second-order valence-electron chi connectivity index (χ2n) is 4.28. The van der Waals surface area contributed by atoms with Gasteiger partial charge in [-0.25, -0.2) is 4.79 Å². The molecule has 1 heterocycles. The van der Waals surface area contributed by atoms with E-state index in [-0.39, 0.29) is 11.3 Å². The van der Waals surface area contributed by atoms with Gasteiger partial charge in [0, 0.05) is 12.0 Å². The second kappa shape index (κ2) is 6.23. The number of unbranched alkanes of at least 4 members (excludes halogenated alkanes) is 2. The Hall–Kier alpha value is -1.78. The SMILES string of the molecule is CCCCCc1oc(CC(=O)O)c(C(=O)O)c1C. The molecule has 0 aromatic carbocycles. The van der Waals surface area contributed by atoms with Crippen LogP contribution in [0.5, 0.6) is 0 Å². The Kier molecular flexibility index (Phi) is 4.95. The molecule has 1 aromatic rings. The Bertz CT molecular complexity index is 444. The van der Waals surface area contributed by atoms with Crippen molar-refractivity contribution >= 4 is 11.9 Å². The first-order valence-electron chi connectivity index (χ1n) is 6.03. The number of hydrogen-bond donors (Lipinski definition) is 2. The molecule has 5 nitrogen and oxygen atoms in total. The van der Waals surface area contributed by atoms with Crippen LogP contribution in [0.3, 0.4) is 0 Å². The molecule has 0 aliphatic rings. The van der Waals surface area contributed by atoms with Crippen molar-refractivity contribution in [2.75, 3.05) is 0 Å². The van der Waals surface area contributed by atoms with Gasteiger partial charge in [0.15, 0.2) is 0 Å². The molecule has 18 heavy (non-hydrogen) atoms. The number of aliphatic carboxylic acids is 1. The maximum atomic E-state index is 11.1. The Morgan fingerprint density at radius 2 is 1.83 bits per heavy atom. The molecular weight excluding hydrogens is 236 g/mol. The Morgan fingerprint density at radius 1 is 1.17 bits per heavy atom. The average Bonchev–Trinajstić information content (AvgIpc) is 2.55. The zero-order chi connectivity index (χ0) is 13.7. The van der Waals surface area contributed by atoms with Crippen molar-refractivity contribution in [2.45, 2.75) is 46.0 Å². The van der Waals surface area contributed by atoms with Gasteiger partial charge in [0.1, 0.15) is 23.5 Å². The summed E-state index contributed by atoms with van der Waals surface area (Å²) in [6, 6.07) is 0. The van der Waals surface area contributed by atoms with Crippen LogP contribution in [0.4, 0.5) is 0 Å². The fourth-order valence-corrected chi connectivity index (χ4v) is 1.94. The summed E-state index contributed by atoms with van der Waals surface area (Å²) in [5, 5.41) is 17.8. The monoisotopic (exact) mass is 254 g/mol. The number of carboxylic acids is 2. The highest BCUT2D eigenvalue weighted by Gasteiger charge is 2.23. The van der Waals surface area contributed by atoms with Crippen LogP contribution in [-0.4, -0.2) is 22.2 Å². The third-order valence-corrected chi connectivity index (χ3v) is 2.85. The van der Waals surface area contributed by atoms with Crippen molar-refractivity contribution in [2.24, 2.45) is 0 Å². The van der Waals surface area contributed by atoms with Crippen LogP contribution in [0, 0.1) is 6.92 Å². The molecule has 1 rings (SSSR count). The lowest BCUT2D eigenvalue weighted by Gasteiger charge is -1.97. The van der Waals surface area contributed by atoms with E-state index in [1.54, 1.807) is 6.92 Å². The van der Waals surface area contributed by atoms with Gasteiger partial charge in [-0.2, -0.15) is 0 Å². The normalized spacial score (nSPS) is 10.6. The highest BCUT2D eigenvalue weighted by Crippen LogP contribution is 2.24. The zero-order valence-corrected chi connectivity index (χ0v) is 10.7. The number of hydrogen-bond acceptors (Lipinski definition) is 3. The van der Waals surface area contributed by atoms with Crippen LogP contribution in [-0.2, 0) is 17.6 Å². The molecule has 0 atom stereocenters. The van der Waals surface area contributed by atoms with Gasteiger partial charge in [-0.1, -0.05) is 19.8 Å².